The first-order valence-electron chi connectivity index (χ1n) is 10.3. The van der Waals surface area contributed by atoms with Crippen LogP contribution in [0.4, 0.5) is 5.69 Å². The van der Waals surface area contributed by atoms with Crippen LogP contribution in [-0.2, 0) is 13.2 Å². The molecule has 0 atom stereocenters. The number of fused-ring (bicyclic) bond motifs is 1. The van der Waals surface area contributed by atoms with E-state index in [9.17, 15) is 9.90 Å². The Morgan fingerprint density at radius 2 is 1.77 bits per heavy atom. The second-order valence-corrected chi connectivity index (χ2v) is 7.73. The third kappa shape index (κ3) is 4.69. The van der Waals surface area contributed by atoms with Crippen LogP contribution in [0, 0.1) is 13.8 Å². The van der Waals surface area contributed by atoms with E-state index in [-0.39, 0.29) is 5.56 Å². The lowest BCUT2D eigenvalue weighted by Crippen LogP contribution is -2.07. The first kappa shape index (κ1) is 20.5. The van der Waals surface area contributed by atoms with Gasteiger partial charge in [0.05, 0.1) is 5.56 Å². The molecule has 31 heavy (non-hydrogen) atoms. The number of anilines is 1. The van der Waals surface area contributed by atoms with Crippen LogP contribution in [0.1, 0.15) is 32.6 Å². The van der Waals surface area contributed by atoms with Crippen molar-refractivity contribution in [2.75, 3.05) is 5.32 Å². The summed E-state index contributed by atoms with van der Waals surface area (Å²) >= 11 is 0. The monoisotopic (exact) mass is 411 g/mol. The van der Waals surface area contributed by atoms with Gasteiger partial charge in [0, 0.05) is 17.8 Å². The number of hydrogen-bond donors (Lipinski definition) is 2. The van der Waals surface area contributed by atoms with E-state index in [0.717, 1.165) is 38.9 Å². The molecule has 156 valence electrons. The standard InChI is InChI=1S/C27H25NO3/c1-18-6-5-7-20(14-18)17-31-26-13-12-21-8-3-4-9-23(21)24(26)16-28-25-15-22(27(29)30)11-10-19(25)2/h3-15,28H,16-17H2,1-2H3,(H,29,30). The number of hydrogen-bond acceptors (Lipinski definition) is 3. The molecule has 0 fully saturated rings. The van der Waals surface area contributed by atoms with Crippen molar-refractivity contribution in [2.24, 2.45) is 0 Å². The average Bonchev–Trinajstić information content (AvgIpc) is 2.77. The summed E-state index contributed by atoms with van der Waals surface area (Å²) in [5.74, 6) is -0.116. The SMILES string of the molecule is Cc1cccc(COc2ccc3ccccc3c2CNc2cc(C(=O)O)ccc2C)c1. The Hall–Kier alpha value is -3.79. The molecule has 0 heterocycles. The molecule has 0 spiro atoms. The lowest BCUT2D eigenvalue weighted by atomic mass is 10.0. The van der Waals surface area contributed by atoms with Gasteiger partial charge in [-0.3, -0.25) is 0 Å². The lowest BCUT2D eigenvalue weighted by Gasteiger charge is -2.17. The third-order valence-corrected chi connectivity index (χ3v) is 5.41. The van der Waals surface area contributed by atoms with Gasteiger partial charge >= 0.3 is 5.97 Å². The second-order valence-electron chi connectivity index (χ2n) is 7.73. The molecule has 0 aliphatic carbocycles. The summed E-state index contributed by atoms with van der Waals surface area (Å²) < 4.78 is 6.23. The van der Waals surface area contributed by atoms with E-state index in [1.54, 1.807) is 12.1 Å². The van der Waals surface area contributed by atoms with Gasteiger partial charge in [-0.2, -0.15) is 0 Å². The molecule has 0 saturated heterocycles. The summed E-state index contributed by atoms with van der Waals surface area (Å²) in [4.78, 5) is 11.4. The summed E-state index contributed by atoms with van der Waals surface area (Å²) in [6, 6.07) is 25.7. The topological polar surface area (TPSA) is 58.6 Å². The Morgan fingerprint density at radius 3 is 2.58 bits per heavy atom. The van der Waals surface area contributed by atoms with E-state index in [4.69, 9.17) is 4.74 Å². The molecule has 4 rings (SSSR count). The van der Waals surface area contributed by atoms with Gasteiger partial charge in [-0.1, -0.05) is 66.2 Å². The average molecular weight is 412 g/mol. The minimum absolute atomic E-state index is 0.266. The summed E-state index contributed by atoms with van der Waals surface area (Å²) in [6.07, 6.45) is 0. The largest absolute Gasteiger partial charge is 0.489 e. The molecule has 0 saturated carbocycles. The fourth-order valence-corrected chi connectivity index (χ4v) is 3.73. The summed E-state index contributed by atoms with van der Waals surface area (Å²) in [5.41, 5.74) is 5.44. The van der Waals surface area contributed by atoms with Gasteiger partial charge in [-0.25, -0.2) is 4.79 Å². The zero-order valence-corrected chi connectivity index (χ0v) is 17.7. The number of ether oxygens (including phenoxy) is 1. The summed E-state index contributed by atoms with van der Waals surface area (Å²) in [7, 11) is 0. The molecule has 0 aliphatic rings. The Kier molecular flexibility index (Phi) is 5.89. The molecule has 2 N–H and O–H groups in total. The van der Waals surface area contributed by atoms with E-state index in [0.29, 0.717) is 13.2 Å². The highest BCUT2D eigenvalue weighted by molar-refractivity contribution is 5.90. The molecule has 0 unspecified atom stereocenters. The van der Waals surface area contributed by atoms with Gasteiger partial charge < -0.3 is 15.2 Å². The zero-order chi connectivity index (χ0) is 21.8. The fourth-order valence-electron chi connectivity index (χ4n) is 3.73. The molecule has 0 aliphatic heterocycles. The van der Waals surface area contributed by atoms with E-state index in [1.807, 2.05) is 37.3 Å². The van der Waals surface area contributed by atoms with Crippen LogP contribution in [-0.4, -0.2) is 11.1 Å². The molecule has 0 amide bonds. The number of benzene rings is 4. The Balaban J connectivity index is 1.64. The maximum Gasteiger partial charge on any atom is 0.335 e. The summed E-state index contributed by atoms with van der Waals surface area (Å²) in [6.45, 7) is 5.05. The van der Waals surface area contributed by atoms with Crippen LogP contribution in [0.3, 0.4) is 0 Å². The van der Waals surface area contributed by atoms with Gasteiger partial charge in [0.25, 0.3) is 0 Å². The minimum Gasteiger partial charge on any atom is -0.489 e. The lowest BCUT2D eigenvalue weighted by molar-refractivity contribution is 0.0697. The van der Waals surface area contributed by atoms with Crippen molar-refractivity contribution in [1.29, 1.82) is 0 Å². The Bertz CT molecular complexity index is 1250. The highest BCUT2D eigenvalue weighted by atomic mass is 16.5. The smallest absolute Gasteiger partial charge is 0.335 e. The van der Waals surface area contributed by atoms with Crippen molar-refractivity contribution in [2.45, 2.75) is 27.0 Å². The van der Waals surface area contributed by atoms with E-state index < -0.39 is 5.97 Å². The van der Waals surface area contributed by atoms with Crippen LogP contribution in [0.15, 0.2) is 78.9 Å². The first-order chi connectivity index (χ1) is 15.0. The second kappa shape index (κ2) is 8.92. The molecular weight excluding hydrogens is 386 g/mol. The van der Waals surface area contributed by atoms with Gasteiger partial charge in [0.1, 0.15) is 12.4 Å². The van der Waals surface area contributed by atoms with E-state index in [2.05, 4.69) is 48.6 Å². The van der Waals surface area contributed by atoms with Gasteiger partial charge in [-0.05, 0) is 53.9 Å². The fraction of sp³-hybridized carbons (Fsp3) is 0.148. The highest BCUT2D eigenvalue weighted by Crippen LogP contribution is 2.30. The molecular formula is C27H25NO3. The molecule has 0 aromatic heterocycles. The normalized spacial score (nSPS) is 10.8. The van der Waals surface area contributed by atoms with Gasteiger partial charge in [-0.15, -0.1) is 0 Å². The third-order valence-electron chi connectivity index (χ3n) is 5.41. The maximum atomic E-state index is 11.4. The van der Waals surface area contributed by atoms with E-state index >= 15 is 0 Å². The van der Waals surface area contributed by atoms with Crippen LogP contribution >= 0.6 is 0 Å². The van der Waals surface area contributed by atoms with Crippen molar-refractivity contribution < 1.29 is 14.6 Å². The van der Waals surface area contributed by atoms with Crippen LogP contribution < -0.4 is 10.1 Å². The molecule has 4 aromatic rings. The molecule has 0 radical (unpaired) electrons. The molecule has 0 bridgehead atoms. The summed E-state index contributed by atoms with van der Waals surface area (Å²) in [5, 5.41) is 15.0. The van der Waals surface area contributed by atoms with Crippen LogP contribution in [0.25, 0.3) is 10.8 Å². The quantitative estimate of drug-likeness (QED) is 0.372. The highest BCUT2D eigenvalue weighted by Gasteiger charge is 2.11. The molecule has 4 aromatic carbocycles. The zero-order valence-electron chi connectivity index (χ0n) is 17.7. The number of carboxylic acids is 1. The van der Waals surface area contributed by atoms with Crippen molar-refractivity contribution in [3.05, 3.63) is 107 Å². The number of rotatable bonds is 7. The Morgan fingerprint density at radius 1 is 0.935 bits per heavy atom. The molecule has 4 heteroatoms. The minimum atomic E-state index is -0.935. The van der Waals surface area contributed by atoms with Crippen LogP contribution in [0.5, 0.6) is 5.75 Å². The number of aryl methyl sites for hydroxylation is 2. The molecule has 4 nitrogen and oxygen atoms in total. The van der Waals surface area contributed by atoms with E-state index in [1.165, 1.54) is 5.56 Å². The van der Waals surface area contributed by atoms with Crippen LogP contribution in [0.2, 0.25) is 0 Å². The first-order valence-corrected chi connectivity index (χ1v) is 10.3. The van der Waals surface area contributed by atoms with Crippen molar-refractivity contribution in [1.82, 2.24) is 0 Å². The number of aromatic carboxylic acids is 1. The predicted octanol–water partition coefficient (Wildman–Crippen LogP) is 6.35. The number of nitrogens with one attached hydrogen (secondary N) is 1. The van der Waals surface area contributed by atoms with Gasteiger partial charge in [0.2, 0.25) is 0 Å². The van der Waals surface area contributed by atoms with Crippen molar-refractivity contribution in [3.8, 4) is 5.75 Å². The maximum absolute atomic E-state index is 11.4. The Labute approximate surface area is 182 Å². The van der Waals surface area contributed by atoms with Crippen molar-refractivity contribution >= 4 is 22.4 Å². The number of carboxylic acid groups (broad SMARTS) is 1. The van der Waals surface area contributed by atoms with Crippen molar-refractivity contribution in [3.63, 3.8) is 0 Å². The predicted molar refractivity (Wildman–Crippen MR) is 125 cm³/mol. The number of carbonyl (C=O) groups is 1. The van der Waals surface area contributed by atoms with Gasteiger partial charge in [0.15, 0.2) is 0 Å².